The first-order chi connectivity index (χ1) is 30.2. The lowest BCUT2D eigenvalue weighted by Crippen LogP contribution is -2.32. The largest absolute Gasteiger partial charge is 0.309 e. The number of aromatic nitrogens is 2. The minimum absolute atomic E-state index is 0.442. The van der Waals surface area contributed by atoms with Gasteiger partial charge in [-0.15, -0.1) is 0 Å². The van der Waals surface area contributed by atoms with Crippen LogP contribution in [0.15, 0.2) is 210 Å². The first-order valence-electron chi connectivity index (χ1n) is 20.7. The number of rotatable bonds is 3. The molecule has 2 aliphatic rings. The van der Waals surface area contributed by atoms with Gasteiger partial charge in [-0.3, -0.25) is 0 Å². The summed E-state index contributed by atoms with van der Waals surface area (Å²) in [6.07, 6.45) is 0. The summed E-state index contributed by atoms with van der Waals surface area (Å²) in [5.74, 6) is 0. The number of hydrogen-bond acceptors (Lipinski definition) is 3. The molecule has 0 unspecified atom stereocenters. The minimum Gasteiger partial charge on any atom is -0.309 e. The number of pyridine rings is 1. The second kappa shape index (κ2) is 12.9. The van der Waals surface area contributed by atoms with Crippen LogP contribution in [-0.2, 0) is 5.41 Å². The molecule has 3 nitrogen and oxygen atoms in total. The summed E-state index contributed by atoms with van der Waals surface area (Å²) in [6.45, 7) is 0. The van der Waals surface area contributed by atoms with Crippen molar-refractivity contribution in [3.63, 3.8) is 0 Å². The maximum atomic E-state index is 9.60. The van der Waals surface area contributed by atoms with E-state index >= 15 is 0 Å². The SMILES string of the molecule is N#Cc1ccc2c(c1)c1ccccc1n2-c1ccc(-c2ccc(-c3nc4ccccc4c4cc5c(cc34)Sc3ccccc3C53c4ccccc4-c4ccccc43)cc2)cc1. The molecule has 4 heteroatoms. The summed E-state index contributed by atoms with van der Waals surface area (Å²) >= 11 is 1.88. The second-order valence-electron chi connectivity index (χ2n) is 16.1. The number of nitrogens with zero attached hydrogens (tertiary/aromatic N) is 3. The molecule has 9 aromatic carbocycles. The molecule has 0 amide bonds. The van der Waals surface area contributed by atoms with Crippen LogP contribution in [0.5, 0.6) is 0 Å². The highest BCUT2D eigenvalue weighted by molar-refractivity contribution is 7.99. The number of fused-ring (bicyclic) bond motifs is 15. The first-order valence-corrected chi connectivity index (χ1v) is 21.5. The number of nitriles is 1. The van der Waals surface area contributed by atoms with E-state index in [0.29, 0.717) is 5.56 Å². The van der Waals surface area contributed by atoms with Crippen LogP contribution in [-0.4, -0.2) is 9.55 Å². The molecule has 13 rings (SSSR count). The van der Waals surface area contributed by atoms with E-state index < -0.39 is 5.41 Å². The van der Waals surface area contributed by atoms with Crippen molar-refractivity contribution in [2.75, 3.05) is 0 Å². The van der Waals surface area contributed by atoms with E-state index in [1.54, 1.807) is 0 Å². The highest BCUT2D eigenvalue weighted by Gasteiger charge is 2.50. The second-order valence-corrected chi connectivity index (χ2v) is 17.2. The minimum atomic E-state index is -0.442. The molecule has 3 heterocycles. The summed E-state index contributed by atoms with van der Waals surface area (Å²) in [6, 6.07) is 74.9. The number of para-hydroxylation sites is 2. The van der Waals surface area contributed by atoms with Gasteiger partial charge in [-0.2, -0.15) is 5.26 Å². The van der Waals surface area contributed by atoms with Gasteiger partial charge in [0.15, 0.2) is 0 Å². The van der Waals surface area contributed by atoms with Gasteiger partial charge in [0.05, 0.1) is 39.3 Å². The van der Waals surface area contributed by atoms with Gasteiger partial charge in [0, 0.05) is 42.6 Å². The first kappa shape index (κ1) is 34.2. The smallest absolute Gasteiger partial charge is 0.0991 e. The maximum absolute atomic E-state index is 9.60. The molecule has 1 spiro atoms. The standard InChI is InChI=1S/C57H33N3S/c58-34-35-21-30-53-45(31-35)43-14-4-9-19-52(43)60(53)39-28-26-37(27-29-39)36-22-24-38(25-23-36)56-46-33-55-50(32-44(46)42-13-3-8-18-51(42)59-56)57(49-17-7-10-20-54(49)61-55)47-15-5-1-11-40(47)41-12-2-6-16-48(41)57/h1-33H. The molecule has 0 atom stereocenters. The molecule has 0 radical (unpaired) electrons. The summed E-state index contributed by atoms with van der Waals surface area (Å²) < 4.78 is 2.29. The molecule has 0 bridgehead atoms. The lowest BCUT2D eigenvalue weighted by atomic mass is 9.67. The van der Waals surface area contributed by atoms with Crippen LogP contribution in [0.25, 0.3) is 82.7 Å². The van der Waals surface area contributed by atoms with E-state index in [0.717, 1.165) is 66.2 Å². The quantitative estimate of drug-likeness (QED) is 0.167. The molecule has 1 aliphatic carbocycles. The number of hydrogen-bond donors (Lipinski definition) is 0. The molecule has 0 fully saturated rings. The Morgan fingerprint density at radius 2 is 1.05 bits per heavy atom. The molecule has 1 aliphatic heterocycles. The predicted molar refractivity (Wildman–Crippen MR) is 251 cm³/mol. The van der Waals surface area contributed by atoms with Crippen molar-refractivity contribution < 1.29 is 0 Å². The third-order valence-electron chi connectivity index (χ3n) is 13.1. The van der Waals surface area contributed by atoms with Gasteiger partial charge in [-0.1, -0.05) is 151 Å². The summed E-state index contributed by atoms with van der Waals surface area (Å²) in [7, 11) is 0. The van der Waals surface area contributed by atoms with Crippen LogP contribution in [0.1, 0.15) is 27.8 Å². The van der Waals surface area contributed by atoms with Crippen molar-refractivity contribution >= 4 is 55.2 Å². The number of benzene rings is 9. The van der Waals surface area contributed by atoms with Crippen molar-refractivity contribution in [3.05, 3.63) is 228 Å². The molecular weight excluding hydrogens is 759 g/mol. The Labute approximate surface area is 356 Å². The Morgan fingerprint density at radius 1 is 0.443 bits per heavy atom. The van der Waals surface area contributed by atoms with Crippen molar-refractivity contribution in [1.29, 1.82) is 5.26 Å². The van der Waals surface area contributed by atoms with Gasteiger partial charge in [0.1, 0.15) is 0 Å². The molecule has 11 aromatic rings. The molecule has 0 N–H and O–H groups in total. The molecule has 0 saturated carbocycles. The third-order valence-corrected chi connectivity index (χ3v) is 14.2. The molecular formula is C57H33N3S. The van der Waals surface area contributed by atoms with E-state index in [2.05, 4.69) is 199 Å². The summed E-state index contributed by atoms with van der Waals surface area (Å²) in [5, 5.41) is 15.4. The Bertz CT molecular complexity index is 3640. The van der Waals surface area contributed by atoms with E-state index in [9.17, 15) is 5.26 Å². The van der Waals surface area contributed by atoms with Gasteiger partial charge < -0.3 is 4.57 Å². The lowest BCUT2D eigenvalue weighted by Gasteiger charge is -2.40. The van der Waals surface area contributed by atoms with E-state index in [4.69, 9.17) is 4.98 Å². The monoisotopic (exact) mass is 791 g/mol. The van der Waals surface area contributed by atoms with Crippen LogP contribution < -0.4 is 0 Å². The van der Waals surface area contributed by atoms with Crippen molar-refractivity contribution in [2.24, 2.45) is 0 Å². The summed E-state index contributed by atoms with van der Waals surface area (Å²) in [5.41, 5.74) is 16.8. The van der Waals surface area contributed by atoms with Crippen molar-refractivity contribution in [3.8, 4) is 45.3 Å². The Morgan fingerprint density at radius 3 is 1.80 bits per heavy atom. The molecule has 2 aromatic heterocycles. The van der Waals surface area contributed by atoms with Crippen LogP contribution in [0.3, 0.4) is 0 Å². The van der Waals surface area contributed by atoms with Gasteiger partial charge in [0.25, 0.3) is 0 Å². The van der Waals surface area contributed by atoms with E-state index in [-0.39, 0.29) is 0 Å². The van der Waals surface area contributed by atoms with Crippen molar-refractivity contribution in [2.45, 2.75) is 15.2 Å². The Kier molecular flexibility index (Phi) is 7.22. The zero-order valence-electron chi connectivity index (χ0n) is 32.8. The fraction of sp³-hybridized carbons (Fsp3) is 0.0175. The predicted octanol–water partition coefficient (Wildman–Crippen LogP) is 14.5. The topological polar surface area (TPSA) is 41.6 Å². The normalized spacial score (nSPS) is 13.3. The van der Waals surface area contributed by atoms with Crippen LogP contribution in [0.2, 0.25) is 0 Å². The average Bonchev–Trinajstić information content (AvgIpc) is 3.81. The van der Waals surface area contributed by atoms with Crippen LogP contribution in [0.4, 0.5) is 0 Å². The highest BCUT2D eigenvalue weighted by Crippen LogP contribution is 2.62. The third kappa shape index (κ3) is 4.78. The molecule has 0 saturated heterocycles. The zero-order valence-corrected chi connectivity index (χ0v) is 33.6. The average molecular weight is 792 g/mol. The van der Waals surface area contributed by atoms with Gasteiger partial charge in [0.2, 0.25) is 0 Å². The highest BCUT2D eigenvalue weighted by atomic mass is 32.2. The van der Waals surface area contributed by atoms with Crippen LogP contribution >= 0.6 is 11.8 Å². The van der Waals surface area contributed by atoms with E-state index in [1.807, 2.05) is 23.9 Å². The van der Waals surface area contributed by atoms with Gasteiger partial charge in [-0.25, -0.2) is 4.98 Å². The fourth-order valence-corrected chi connectivity index (χ4v) is 11.7. The van der Waals surface area contributed by atoms with Crippen molar-refractivity contribution in [1.82, 2.24) is 9.55 Å². The van der Waals surface area contributed by atoms with Gasteiger partial charge >= 0.3 is 0 Å². The molecule has 61 heavy (non-hydrogen) atoms. The Hall–Kier alpha value is -7.71. The summed E-state index contributed by atoms with van der Waals surface area (Å²) in [4.78, 5) is 7.96. The maximum Gasteiger partial charge on any atom is 0.0991 e. The van der Waals surface area contributed by atoms with E-state index in [1.165, 1.54) is 48.6 Å². The fourth-order valence-electron chi connectivity index (χ4n) is 10.5. The Balaban J connectivity index is 0.949. The zero-order chi connectivity index (χ0) is 40.2. The van der Waals surface area contributed by atoms with Crippen LogP contribution in [0, 0.1) is 11.3 Å². The van der Waals surface area contributed by atoms with Gasteiger partial charge in [-0.05, 0) is 111 Å². The lowest BCUT2D eigenvalue weighted by molar-refractivity contribution is 0.724. The molecule has 282 valence electrons.